The van der Waals surface area contributed by atoms with Crippen LogP contribution in [0.15, 0.2) is 29.6 Å². The van der Waals surface area contributed by atoms with E-state index in [0.717, 1.165) is 29.2 Å². The lowest BCUT2D eigenvalue weighted by molar-refractivity contribution is -0.148. The molecule has 1 fully saturated rings. The van der Waals surface area contributed by atoms with E-state index in [2.05, 4.69) is 4.98 Å². The normalized spacial score (nSPS) is 13.2. The summed E-state index contributed by atoms with van der Waals surface area (Å²) in [4.78, 5) is 30.9. The van der Waals surface area contributed by atoms with Gasteiger partial charge in [-0.05, 0) is 44.7 Å². The van der Waals surface area contributed by atoms with E-state index in [-0.39, 0.29) is 24.8 Å². The number of carbonyl (C=O) groups excluding carboxylic acids is 2. The van der Waals surface area contributed by atoms with E-state index in [1.807, 2.05) is 36.6 Å². The van der Waals surface area contributed by atoms with Crippen LogP contribution in [-0.2, 0) is 20.7 Å². The number of nitrogens with zero attached hydrogens (tertiary/aromatic N) is 2. The number of rotatable bonds is 10. The summed E-state index contributed by atoms with van der Waals surface area (Å²) in [5, 5.41) is 2.72. The van der Waals surface area contributed by atoms with Gasteiger partial charge in [0.2, 0.25) is 5.91 Å². The Balaban J connectivity index is 1.68. The van der Waals surface area contributed by atoms with Crippen molar-refractivity contribution in [3.8, 4) is 16.3 Å². The summed E-state index contributed by atoms with van der Waals surface area (Å²) in [5.41, 5.74) is 1.63. The highest BCUT2D eigenvalue weighted by molar-refractivity contribution is 7.13. The Morgan fingerprint density at radius 2 is 2.00 bits per heavy atom. The summed E-state index contributed by atoms with van der Waals surface area (Å²) >= 11 is 1.49. The van der Waals surface area contributed by atoms with Gasteiger partial charge in [-0.25, -0.2) is 4.98 Å². The first kappa shape index (κ1) is 20.3. The van der Waals surface area contributed by atoms with Crippen molar-refractivity contribution in [1.29, 1.82) is 0 Å². The zero-order valence-corrected chi connectivity index (χ0v) is 17.2. The predicted molar refractivity (Wildman–Crippen MR) is 108 cm³/mol. The second-order valence-electron chi connectivity index (χ2n) is 6.77. The summed E-state index contributed by atoms with van der Waals surface area (Å²) in [7, 11) is 0. The minimum absolute atomic E-state index is 0.00728. The Morgan fingerprint density at radius 3 is 2.71 bits per heavy atom. The largest absolute Gasteiger partial charge is 0.493 e. The van der Waals surface area contributed by atoms with Crippen LogP contribution in [0.5, 0.6) is 5.75 Å². The summed E-state index contributed by atoms with van der Waals surface area (Å²) in [5.74, 6) is 0.841. The van der Waals surface area contributed by atoms with E-state index in [1.54, 1.807) is 11.8 Å². The van der Waals surface area contributed by atoms with Gasteiger partial charge in [0, 0.05) is 11.9 Å². The van der Waals surface area contributed by atoms with Gasteiger partial charge in [0.1, 0.15) is 17.3 Å². The molecule has 6 nitrogen and oxygen atoms in total. The lowest BCUT2D eigenvalue weighted by Crippen LogP contribution is -2.39. The highest BCUT2D eigenvalue weighted by atomic mass is 32.1. The maximum absolute atomic E-state index is 12.8. The second kappa shape index (κ2) is 9.68. The molecule has 3 rings (SSSR count). The van der Waals surface area contributed by atoms with Crippen molar-refractivity contribution in [1.82, 2.24) is 9.88 Å². The van der Waals surface area contributed by atoms with Gasteiger partial charge in [-0.3, -0.25) is 9.59 Å². The van der Waals surface area contributed by atoms with E-state index in [1.165, 1.54) is 11.3 Å². The lowest BCUT2D eigenvalue weighted by atomic mass is 10.2. The Labute approximate surface area is 169 Å². The molecule has 1 aromatic heterocycles. The third-order valence-electron chi connectivity index (χ3n) is 4.45. The Hall–Kier alpha value is -2.41. The van der Waals surface area contributed by atoms with Gasteiger partial charge in [-0.15, -0.1) is 11.3 Å². The van der Waals surface area contributed by atoms with Gasteiger partial charge >= 0.3 is 5.97 Å². The molecule has 0 spiro atoms. The number of para-hydroxylation sites is 1. The maximum Gasteiger partial charge on any atom is 0.325 e. The molecular weight excluding hydrogens is 376 g/mol. The first-order valence-electron chi connectivity index (χ1n) is 9.70. The first-order valence-corrected chi connectivity index (χ1v) is 10.6. The number of ether oxygens (including phenoxy) is 2. The van der Waals surface area contributed by atoms with Crippen molar-refractivity contribution in [3.63, 3.8) is 0 Å². The number of hydrogen-bond acceptors (Lipinski definition) is 6. The van der Waals surface area contributed by atoms with Crippen LogP contribution in [0, 0.1) is 5.92 Å². The number of thiazole rings is 1. The van der Waals surface area contributed by atoms with Crippen LogP contribution in [0.3, 0.4) is 0 Å². The average molecular weight is 403 g/mol. The summed E-state index contributed by atoms with van der Waals surface area (Å²) in [6, 6.07) is 7.76. The van der Waals surface area contributed by atoms with Crippen LogP contribution in [0.1, 0.15) is 32.4 Å². The van der Waals surface area contributed by atoms with Crippen LogP contribution < -0.4 is 4.74 Å². The van der Waals surface area contributed by atoms with Gasteiger partial charge < -0.3 is 14.4 Å². The smallest absolute Gasteiger partial charge is 0.325 e. The standard InChI is InChI=1S/C21H26N2O4S/c1-3-26-18-8-6-5-7-17(18)21-22-16(14-28-21)11-19(24)23(12-15-9-10-15)13-20(25)27-4-2/h5-8,14-15H,3-4,9-13H2,1-2H3. The zero-order chi connectivity index (χ0) is 19.9. The molecule has 1 heterocycles. The van der Waals surface area contributed by atoms with E-state index in [0.29, 0.717) is 31.4 Å². The maximum atomic E-state index is 12.8. The number of carbonyl (C=O) groups is 2. The third-order valence-corrected chi connectivity index (χ3v) is 5.38. The lowest BCUT2D eigenvalue weighted by Gasteiger charge is -2.21. The Bertz CT molecular complexity index is 816. The van der Waals surface area contributed by atoms with Crippen molar-refractivity contribution < 1.29 is 19.1 Å². The molecule has 7 heteroatoms. The molecule has 1 aliphatic carbocycles. The number of hydrogen-bond donors (Lipinski definition) is 0. The molecule has 0 atom stereocenters. The van der Waals surface area contributed by atoms with Gasteiger partial charge in [-0.1, -0.05) is 12.1 Å². The predicted octanol–water partition coefficient (Wildman–Crippen LogP) is 3.55. The molecule has 1 aromatic carbocycles. The fraction of sp³-hybridized carbons (Fsp3) is 0.476. The monoisotopic (exact) mass is 402 g/mol. The molecule has 28 heavy (non-hydrogen) atoms. The highest BCUT2D eigenvalue weighted by Crippen LogP contribution is 2.33. The van der Waals surface area contributed by atoms with Crippen molar-refractivity contribution in [3.05, 3.63) is 35.3 Å². The average Bonchev–Trinajstić information content (AvgIpc) is 3.38. The molecule has 0 bridgehead atoms. The summed E-state index contributed by atoms with van der Waals surface area (Å²) < 4.78 is 10.7. The van der Waals surface area contributed by atoms with Crippen molar-refractivity contribution in [2.24, 2.45) is 5.92 Å². The van der Waals surface area contributed by atoms with Crippen molar-refractivity contribution in [2.75, 3.05) is 26.3 Å². The third kappa shape index (κ3) is 5.55. The summed E-state index contributed by atoms with van der Waals surface area (Å²) in [6.45, 7) is 5.23. The molecular formula is C21H26N2O4S. The van der Waals surface area contributed by atoms with Gasteiger partial charge in [0.25, 0.3) is 0 Å². The molecule has 150 valence electrons. The van der Waals surface area contributed by atoms with E-state index >= 15 is 0 Å². The molecule has 0 N–H and O–H groups in total. The molecule has 1 saturated carbocycles. The molecule has 0 aliphatic heterocycles. The number of esters is 1. The zero-order valence-electron chi connectivity index (χ0n) is 16.3. The van der Waals surface area contributed by atoms with Gasteiger partial charge in [-0.2, -0.15) is 0 Å². The number of benzene rings is 1. The fourth-order valence-electron chi connectivity index (χ4n) is 2.93. The molecule has 1 aliphatic rings. The van der Waals surface area contributed by atoms with E-state index in [4.69, 9.17) is 9.47 Å². The van der Waals surface area contributed by atoms with Crippen LogP contribution in [0.4, 0.5) is 0 Å². The fourth-order valence-corrected chi connectivity index (χ4v) is 3.78. The SMILES string of the molecule is CCOC(=O)CN(CC1CC1)C(=O)Cc1csc(-c2ccccc2OCC)n1. The summed E-state index contributed by atoms with van der Waals surface area (Å²) in [6.07, 6.45) is 2.41. The molecule has 0 saturated heterocycles. The van der Waals surface area contributed by atoms with Crippen LogP contribution >= 0.6 is 11.3 Å². The van der Waals surface area contributed by atoms with Crippen LogP contribution in [0.2, 0.25) is 0 Å². The minimum Gasteiger partial charge on any atom is -0.493 e. The second-order valence-corrected chi connectivity index (χ2v) is 7.63. The van der Waals surface area contributed by atoms with Crippen LogP contribution in [-0.4, -0.2) is 48.1 Å². The molecule has 2 aromatic rings. The topological polar surface area (TPSA) is 68.7 Å². The molecule has 0 unspecified atom stereocenters. The van der Waals surface area contributed by atoms with Gasteiger partial charge in [0.15, 0.2) is 0 Å². The minimum atomic E-state index is -0.360. The Morgan fingerprint density at radius 1 is 1.21 bits per heavy atom. The molecule has 1 amide bonds. The van der Waals surface area contributed by atoms with Crippen molar-refractivity contribution in [2.45, 2.75) is 33.1 Å². The quantitative estimate of drug-likeness (QED) is 0.569. The number of amides is 1. The van der Waals surface area contributed by atoms with Crippen molar-refractivity contribution >= 4 is 23.2 Å². The van der Waals surface area contributed by atoms with E-state index in [9.17, 15) is 9.59 Å². The first-order chi connectivity index (χ1) is 13.6. The number of aromatic nitrogens is 1. The molecule has 0 radical (unpaired) electrons. The highest BCUT2D eigenvalue weighted by Gasteiger charge is 2.28. The van der Waals surface area contributed by atoms with Gasteiger partial charge in [0.05, 0.1) is 30.9 Å². The van der Waals surface area contributed by atoms with E-state index < -0.39 is 0 Å². The Kier molecular flexibility index (Phi) is 7.03. The van der Waals surface area contributed by atoms with Crippen LogP contribution in [0.25, 0.3) is 10.6 Å².